The maximum Gasteiger partial charge on any atom is 0.416 e. The van der Waals surface area contributed by atoms with Crippen molar-refractivity contribution in [3.8, 4) is 0 Å². The lowest BCUT2D eigenvalue weighted by Gasteiger charge is -2.21. The number of carbonyl (C=O) groups excluding carboxylic acids is 1. The molecule has 3 aromatic rings. The Bertz CT molecular complexity index is 1110. The number of aromatic nitrogens is 4. The van der Waals surface area contributed by atoms with Crippen molar-refractivity contribution in [2.75, 3.05) is 13.1 Å². The average molecular weight is 415 g/mol. The van der Waals surface area contributed by atoms with Crippen molar-refractivity contribution in [1.82, 2.24) is 24.5 Å². The van der Waals surface area contributed by atoms with E-state index in [1.807, 2.05) is 6.92 Å². The molecule has 1 unspecified atom stereocenters. The van der Waals surface area contributed by atoms with E-state index in [4.69, 9.17) is 0 Å². The summed E-state index contributed by atoms with van der Waals surface area (Å²) in [4.78, 5) is 23.0. The first-order chi connectivity index (χ1) is 14.3. The number of hydrogen-bond donors (Lipinski definition) is 0. The molecule has 0 N–H and O–H groups in total. The van der Waals surface area contributed by atoms with Crippen molar-refractivity contribution in [2.45, 2.75) is 31.9 Å². The highest BCUT2D eigenvalue weighted by Crippen LogP contribution is 2.48. The van der Waals surface area contributed by atoms with Crippen LogP contribution < -0.4 is 0 Å². The van der Waals surface area contributed by atoms with Crippen molar-refractivity contribution in [2.24, 2.45) is 11.8 Å². The van der Waals surface area contributed by atoms with Crippen LogP contribution in [0.15, 0.2) is 36.7 Å². The van der Waals surface area contributed by atoms with Crippen LogP contribution in [0.4, 0.5) is 13.2 Å². The van der Waals surface area contributed by atoms with Gasteiger partial charge in [0.2, 0.25) is 5.82 Å². The van der Waals surface area contributed by atoms with Crippen molar-refractivity contribution in [1.29, 1.82) is 0 Å². The number of hydrogen-bond acceptors (Lipinski definition) is 4. The molecule has 1 aliphatic heterocycles. The van der Waals surface area contributed by atoms with Crippen LogP contribution in [0, 0.1) is 18.8 Å². The molecule has 1 saturated heterocycles. The lowest BCUT2D eigenvalue weighted by Crippen LogP contribution is -2.30. The van der Waals surface area contributed by atoms with E-state index in [1.165, 1.54) is 10.6 Å². The minimum Gasteiger partial charge on any atom is -0.335 e. The van der Waals surface area contributed by atoms with E-state index in [0.717, 1.165) is 11.6 Å². The summed E-state index contributed by atoms with van der Waals surface area (Å²) in [6.07, 6.45) is 0.379. The third-order valence-corrected chi connectivity index (χ3v) is 6.26. The molecular formula is C21H20F3N5O. The van der Waals surface area contributed by atoms with Crippen LogP contribution in [-0.2, 0) is 6.18 Å². The predicted octanol–water partition coefficient (Wildman–Crippen LogP) is 3.72. The van der Waals surface area contributed by atoms with Crippen molar-refractivity contribution >= 4 is 11.7 Å². The fourth-order valence-electron chi connectivity index (χ4n) is 4.94. The zero-order chi connectivity index (χ0) is 21.0. The van der Waals surface area contributed by atoms with Crippen LogP contribution in [0.5, 0.6) is 0 Å². The van der Waals surface area contributed by atoms with Crippen molar-refractivity contribution < 1.29 is 18.0 Å². The Morgan fingerprint density at radius 2 is 1.83 bits per heavy atom. The van der Waals surface area contributed by atoms with E-state index in [2.05, 4.69) is 15.1 Å². The first-order valence-corrected chi connectivity index (χ1v) is 9.94. The summed E-state index contributed by atoms with van der Waals surface area (Å²) in [6.45, 7) is 2.93. The van der Waals surface area contributed by atoms with Gasteiger partial charge >= 0.3 is 6.18 Å². The zero-order valence-corrected chi connectivity index (χ0v) is 16.3. The van der Waals surface area contributed by atoms with Crippen LogP contribution in [0.2, 0.25) is 0 Å². The fraction of sp³-hybridized carbons (Fsp3) is 0.429. The molecular weight excluding hydrogens is 395 g/mol. The second-order valence-corrected chi connectivity index (χ2v) is 8.29. The zero-order valence-electron chi connectivity index (χ0n) is 16.3. The number of amides is 1. The molecule has 9 heteroatoms. The number of carbonyl (C=O) groups is 1. The Balaban J connectivity index is 1.31. The fourth-order valence-corrected chi connectivity index (χ4v) is 4.94. The summed E-state index contributed by atoms with van der Waals surface area (Å²) in [5.74, 6) is 0.477. The van der Waals surface area contributed by atoms with E-state index < -0.39 is 11.7 Å². The Hall–Kier alpha value is -2.97. The normalized spacial score (nSPS) is 23.9. The third kappa shape index (κ3) is 3.22. The Morgan fingerprint density at radius 1 is 1.13 bits per heavy atom. The molecule has 6 nitrogen and oxygen atoms in total. The number of benzene rings is 1. The molecule has 30 heavy (non-hydrogen) atoms. The molecule has 1 aromatic carbocycles. The van der Waals surface area contributed by atoms with Crippen LogP contribution in [0.3, 0.4) is 0 Å². The maximum absolute atomic E-state index is 13.4. The van der Waals surface area contributed by atoms with E-state index >= 15 is 0 Å². The van der Waals surface area contributed by atoms with Crippen LogP contribution in [0.1, 0.15) is 46.1 Å². The summed E-state index contributed by atoms with van der Waals surface area (Å²) in [5, 5.41) is 4.24. The molecule has 2 aromatic heterocycles. The SMILES string of the molecule is Cc1cnc2nc(C(=O)N3C[C@H]4CC(c5ccccc5C(F)(F)F)C[C@H]4C3)nn2c1. The molecule has 2 fully saturated rings. The average Bonchev–Trinajstić information content (AvgIpc) is 3.39. The maximum atomic E-state index is 13.4. The largest absolute Gasteiger partial charge is 0.416 e. The quantitative estimate of drug-likeness (QED) is 0.640. The number of halogens is 3. The monoisotopic (exact) mass is 415 g/mol. The highest BCUT2D eigenvalue weighted by molar-refractivity contribution is 5.91. The molecule has 0 bridgehead atoms. The molecule has 2 aliphatic rings. The van der Waals surface area contributed by atoms with Gasteiger partial charge in [0.25, 0.3) is 11.7 Å². The summed E-state index contributed by atoms with van der Waals surface area (Å²) >= 11 is 0. The number of likely N-dealkylation sites (tertiary alicyclic amines) is 1. The van der Waals surface area contributed by atoms with Gasteiger partial charge in [-0.3, -0.25) is 4.79 Å². The second kappa shape index (κ2) is 6.78. The summed E-state index contributed by atoms with van der Waals surface area (Å²) in [6, 6.07) is 5.84. The molecule has 1 aliphatic carbocycles. The van der Waals surface area contributed by atoms with Gasteiger partial charge in [0.05, 0.1) is 5.56 Å². The molecule has 1 saturated carbocycles. The van der Waals surface area contributed by atoms with Crippen LogP contribution in [0.25, 0.3) is 5.78 Å². The van der Waals surface area contributed by atoms with E-state index in [1.54, 1.807) is 29.4 Å². The number of alkyl halides is 3. The topological polar surface area (TPSA) is 63.4 Å². The second-order valence-electron chi connectivity index (χ2n) is 8.29. The summed E-state index contributed by atoms with van der Waals surface area (Å²) < 4.78 is 41.6. The first-order valence-electron chi connectivity index (χ1n) is 9.94. The molecule has 156 valence electrons. The highest BCUT2D eigenvalue weighted by atomic mass is 19.4. The van der Waals surface area contributed by atoms with Crippen LogP contribution in [-0.4, -0.2) is 43.5 Å². The Kier molecular flexibility index (Phi) is 4.30. The smallest absolute Gasteiger partial charge is 0.335 e. The number of aryl methyl sites for hydroxylation is 1. The van der Waals surface area contributed by atoms with Gasteiger partial charge in [0.1, 0.15) is 0 Å². The Morgan fingerprint density at radius 3 is 2.53 bits per heavy atom. The Labute approximate surface area is 170 Å². The highest BCUT2D eigenvalue weighted by Gasteiger charge is 2.45. The van der Waals surface area contributed by atoms with Crippen LogP contribution >= 0.6 is 0 Å². The van der Waals surface area contributed by atoms with Gasteiger partial charge in [-0.25, -0.2) is 9.50 Å². The molecule has 1 amide bonds. The molecule has 3 atom stereocenters. The molecule has 0 spiro atoms. The van der Waals surface area contributed by atoms with Gasteiger partial charge in [-0.15, -0.1) is 5.10 Å². The third-order valence-electron chi connectivity index (χ3n) is 6.26. The van der Waals surface area contributed by atoms with E-state index in [9.17, 15) is 18.0 Å². The van der Waals surface area contributed by atoms with E-state index in [0.29, 0.717) is 37.3 Å². The predicted molar refractivity (Wildman–Crippen MR) is 102 cm³/mol. The van der Waals surface area contributed by atoms with Gasteiger partial charge in [-0.05, 0) is 54.7 Å². The van der Waals surface area contributed by atoms with Gasteiger partial charge in [-0.2, -0.15) is 18.2 Å². The number of rotatable bonds is 2. The lowest BCUT2D eigenvalue weighted by atomic mass is 9.91. The van der Waals surface area contributed by atoms with Gasteiger partial charge in [-0.1, -0.05) is 18.2 Å². The number of fused-ring (bicyclic) bond motifs is 2. The van der Waals surface area contributed by atoms with Crippen molar-refractivity contribution in [3.05, 3.63) is 59.2 Å². The summed E-state index contributed by atoms with van der Waals surface area (Å²) in [7, 11) is 0. The number of nitrogens with zero attached hydrogens (tertiary/aromatic N) is 5. The van der Waals surface area contributed by atoms with E-state index in [-0.39, 0.29) is 29.5 Å². The summed E-state index contributed by atoms with van der Waals surface area (Å²) in [5.41, 5.74) is 0.743. The van der Waals surface area contributed by atoms with Gasteiger partial charge < -0.3 is 4.90 Å². The molecule has 0 radical (unpaired) electrons. The molecule has 3 heterocycles. The van der Waals surface area contributed by atoms with Gasteiger partial charge in [0.15, 0.2) is 0 Å². The molecule has 5 rings (SSSR count). The van der Waals surface area contributed by atoms with Gasteiger partial charge in [0, 0.05) is 25.5 Å². The standard InChI is InChI=1S/C21H20F3N5O/c1-12-8-25-20-26-18(27-29(20)9-12)19(30)28-10-14-6-13(7-15(14)11-28)16-4-2-3-5-17(16)21(22,23)24/h2-5,8-9,13-15H,6-7,10-11H2,1H3/t13?,14-,15+. The minimum absolute atomic E-state index is 0.104. The lowest BCUT2D eigenvalue weighted by molar-refractivity contribution is -0.138. The van der Waals surface area contributed by atoms with Crippen molar-refractivity contribution in [3.63, 3.8) is 0 Å². The first kappa shape index (κ1) is 19.0. The minimum atomic E-state index is -4.35.